The minimum atomic E-state index is 0.0709. The van der Waals surface area contributed by atoms with Crippen molar-refractivity contribution in [2.75, 3.05) is 26.7 Å². The van der Waals surface area contributed by atoms with Crippen LogP contribution in [-0.4, -0.2) is 47.3 Å². The molecule has 1 aromatic heterocycles. The van der Waals surface area contributed by atoms with E-state index in [1.165, 1.54) is 6.42 Å². The Morgan fingerprint density at radius 1 is 1.46 bits per heavy atom. The van der Waals surface area contributed by atoms with Crippen LogP contribution in [0.25, 0.3) is 5.69 Å². The summed E-state index contributed by atoms with van der Waals surface area (Å²) < 4.78 is 1.77. The Morgan fingerprint density at radius 2 is 2.29 bits per heavy atom. The number of likely N-dealkylation sites (tertiary alicyclic amines) is 1. The molecule has 1 saturated heterocycles. The van der Waals surface area contributed by atoms with Gasteiger partial charge < -0.3 is 10.2 Å². The van der Waals surface area contributed by atoms with Crippen molar-refractivity contribution in [1.82, 2.24) is 20.0 Å². The Kier molecular flexibility index (Phi) is 5.21. The molecule has 1 aromatic carbocycles. The van der Waals surface area contributed by atoms with E-state index in [0.29, 0.717) is 16.5 Å². The highest BCUT2D eigenvalue weighted by molar-refractivity contribution is 6.30. The Labute approximate surface area is 147 Å². The lowest BCUT2D eigenvalue weighted by atomic mass is 9.97. The lowest BCUT2D eigenvalue weighted by molar-refractivity contribution is 0.0673. The van der Waals surface area contributed by atoms with Gasteiger partial charge in [-0.05, 0) is 57.5 Å². The van der Waals surface area contributed by atoms with E-state index in [2.05, 4.69) is 10.4 Å². The first-order chi connectivity index (χ1) is 11.6. The second-order valence-corrected chi connectivity index (χ2v) is 6.79. The van der Waals surface area contributed by atoms with Gasteiger partial charge in [0.2, 0.25) is 0 Å². The lowest BCUT2D eigenvalue weighted by Gasteiger charge is -2.32. The molecule has 5 nitrogen and oxygen atoms in total. The molecule has 1 atom stereocenters. The topological polar surface area (TPSA) is 50.2 Å². The van der Waals surface area contributed by atoms with Crippen LogP contribution in [0.1, 0.15) is 28.9 Å². The molecular formula is C18H23ClN4O. The van der Waals surface area contributed by atoms with Gasteiger partial charge in [0, 0.05) is 18.1 Å². The lowest BCUT2D eigenvalue weighted by Crippen LogP contribution is -2.42. The predicted molar refractivity (Wildman–Crippen MR) is 95.9 cm³/mol. The third-order valence-corrected chi connectivity index (χ3v) is 4.83. The molecule has 0 unspecified atom stereocenters. The molecule has 128 valence electrons. The number of benzene rings is 1. The first-order valence-electron chi connectivity index (χ1n) is 8.34. The first-order valence-corrected chi connectivity index (χ1v) is 8.72. The Hall–Kier alpha value is -1.85. The average Bonchev–Trinajstić information content (AvgIpc) is 2.96. The van der Waals surface area contributed by atoms with Crippen LogP contribution in [-0.2, 0) is 0 Å². The zero-order valence-electron chi connectivity index (χ0n) is 14.1. The molecule has 1 N–H and O–H groups in total. The van der Waals surface area contributed by atoms with Gasteiger partial charge in [0.15, 0.2) is 0 Å². The number of rotatable bonds is 4. The molecule has 2 aromatic rings. The summed E-state index contributed by atoms with van der Waals surface area (Å²) in [5, 5.41) is 8.26. The van der Waals surface area contributed by atoms with Gasteiger partial charge in [-0.3, -0.25) is 4.79 Å². The fraction of sp³-hybridized carbons (Fsp3) is 0.444. The number of nitrogens with one attached hydrogen (secondary N) is 1. The van der Waals surface area contributed by atoms with Gasteiger partial charge in [-0.15, -0.1) is 0 Å². The van der Waals surface area contributed by atoms with Crippen LogP contribution in [0.15, 0.2) is 30.5 Å². The maximum atomic E-state index is 12.9. The SMILES string of the molecule is CNC[C@@H]1CCCN(C(=O)c2cnn(-c3cccc(Cl)c3)c2C)C1. The molecule has 24 heavy (non-hydrogen) atoms. The fourth-order valence-corrected chi connectivity index (χ4v) is 3.55. The van der Waals surface area contributed by atoms with Crippen molar-refractivity contribution in [2.45, 2.75) is 19.8 Å². The summed E-state index contributed by atoms with van der Waals surface area (Å²) in [6.45, 7) is 4.50. The summed E-state index contributed by atoms with van der Waals surface area (Å²) in [4.78, 5) is 14.9. The van der Waals surface area contributed by atoms with Gasteiger partial charge in [0.1, 0.15) is 0 Å². The minimum absolute atomic E-state index is 0.0709. The minimum Gasteiger partial charge on any atom is -0.338 e. The smallest absolute Gasteiger partial charge is 0.257 e. The molecular weight excluding hydrogens is 324 g/mol. The molecule has 0 saturated carbocycles. The van der Waals surface area contributed by atoms with Crippen molar-refractivity contribution in [3.63, 3.8) is 0 Å². The summed E-state index contributed by atoms with van der Waals surface area (Å²) in [5.41, 5.74) is 2.38. The number of carbonyl (C=O) groups excluding carboxylic acids is 1. The van der Waals surface area contributed by atoms with Crippen LogP contribution in [0, 0.1) is 12.8 Å². The normalized spacial score (nSPS) is 18.0. The zero-order valence-corrected chi connectivity index (χ0v) is 14.9. The van der Waals surface area contributed by atoms with E-state index >= 15 is 0 Å². The number of hydrogen-bond acceptors (Lipinski definition) is 3. The van der Waals surface area contributed by atoms with E-state index in [0.717, 1.165) is 37.4 Å². The van der Waals surface area contributed by atoms with E-state index in [1.807, 2.05) is 43.1 Å². The van der Waals surface area contributed by atoms with Gasteiger partial charge in [-0.25, -0.2) is 4.68 Å². The number of aromatic nitrogens is 2. The maximum absolute atomic E-state index is 12.9. The van der Waals surface area contributed by atoms with Crippen LogP contribution in [0.3, 0.4) is 0 Å². The summed E-state index contributed by atoms with van der Waals surface area (Å²) in [6, 6.07) is 7.49. The first kappa shape index (κ1) is 17.0. The maximum Gasteiger partial charge on any atom is 0.257 e. The molecule has 2 heterocycles. The summed E-state index contributed by atoms with van der Waals surface area (Å²) in [7, 11) is 1.96. The van der Waals surface area contributed by atoms with Crippen molar-refractivity contribution >= 4 is 17.5 Å². The zero-order chi connectivity index (χ0) is 17.1. The molecule has 0 spiro atoms. The largest absolute Gasteiger partial charge is 0.338 e. The standard InChI is InChI=1S/C18H23ClN4O/c1-13-17(11-21-23(13)16-7-3-6-15(19)9-16)18(24)22-8-4-5-14(12-22)10-20-2/h3,6-7,9,11,14,20H,4-5,8,10,12H2,1-2H3/t14-/m0/s1. The average molecular weight is 347 g/mol. The third kappa shape index (κ3) is 3.47. The molecule has 1 fully saturated rings. The molecule has 0 radical (unpaired) electrons. The van der Waals surface area contributed by atoms with E-state index in [9.17, 15) is 4.79 Å². The van der Waals surface area contributed by atoms with Crippen LogP contribution in [0.2, 0.25) is 5.02 Å². The Bertz CT molecular complexity index is 726. The molecule has 0 aliphatic carbocycles. The van der Waals surface area contributed by atoms with E-state index in [1.54, 1.807) is 10.9 Å². The van der Waals surface area contributed by atoms with Crippen molar-refractivity contribution in [2.24, 2.45) is 5.92 Å². The van der Waals surface area contributed by atoms with E-state index < -0.39 is 0 Å². The number of halogens is 1. The number of piperidine rings is 1. The third-order valence-electron chi connectivity index (χ3n) is 4.59. The highest BCUT2D eigenvalue weighted by Crippen LogP contribution is 2.22. The predicted octanol–water partition coefficient (Wildman–Crippen LogP) is 2.91. The summed E-state index contributed by atoms with van der Waals surface area (Å²) >= 11 is 6.06. The number of amides is 1. The van der Waals surface area contributed by atoms with Gasteiger partial charge >= 0.3 is 0 Å². The van der Waals surface area contributed by atoms with Gasteiger partial charge in [-0.1, -0.05) is 17.7 Å². The van der Waals surface area contributed by atoms with Gasteiger partial charge in [0.05, 0.1) is 23.1 Å². The second-order valence-electron chi connectivity index (χ2n) is 6.35. The summed E-state index contributed by atoms with van der Waals surface area (Å²) in [5.74, 6) is 0.595. The van der Waals surface area contributed by atoms with Crippen molar-refractivity contribution in [3.05, 3.63) is 46.7 Å². The van der Waals surface area contributed by atoms with Gasteiger partial charge in [-0.2, -0.15) is 5.10 Å². The number of hydrogen-bond donors (Lipinski definition) is 1. The van der Waals surface area contributed by atoms with Crippen molar-refractivity contribution in [3.8, 4) is 5.69 Å². The van der Waals surface area contributed by atoms with Crippen LogP contribution >= 0.6 is 11.6 Å². The van der Waals surface area contributed by atoms with Crippen LogP contribution in [0.4, 0.5) is 0 Å². The fourth-order valence-electron chi connectivity index (χ4n) is 3.36. The second kappa shape index (κ2) is 7.36. The number of nitrogens with zero attached hydrogens (tertiary/aromatic N) is 3. The van der Waals surface area contributed by atoms with E-state index in [-0.39, 0.29) is 5.91 Å². The highest BCUT2D eigenvalue weighted by Gasteiger charge is 2.26. The molecule has 1 aliphatic heterocycles. The molecule has 3 rings (SSSR count). The molecule has 0 bridgehead atoms. The van der Waals surface area contributed by atoms with Crippen LogP contribution < -0.4 is 5.32 Å². The Balaban J connectivity index is 1.81. The number of carbonyl (C=O) groups is 1. The molecule has 1 aliphatic rings. The Morgan fingerprint density at radius 3 is 3.04 bits per heavy atom. The molecule has 6 heteroatoms. The monoisotopic (exact) mass is 346 g/mol. The van der Waals surface area contributed by atoms with Crippen molar-refractivity contribution in [1.29, 1.82) is 0 Å². The molecule has 1 amide bonds. The van der Waals surface area contributed by atoms with Crippen molar-refractivity contribution < 1.29 is 4.79 Å². The highest BCUT2D eigenvalue weighted by atomic mass is 35.5. The summed E-state index contributed by atoms with van der Waals surface area (Å²) in [6.07, 6.45) is 3.89. The van der Waals surface area contributed by atoms with Gasteiger partial charge in [0.25, 0.3) is 5.91 Å². The quantitative estimate of drug-likeness (QED) is 0.926. The van der Waals surface area contributed by atoms with Crippen LogP contribution in [0.5, 0.6) is 0 Å². The van der Waals surface area contributed by atoms with E-state index in [4.69, 9.17) is 11.6 Å².